The van der Waals surface area contributed by atoms with Gasteiger partial charge in [-0.25, -0.2) is 14.5 Å². The molecule has 152 valence electrons. The Morgan fingerprint density at radius 3 is 2.90 bits per heavy atom. The summed E-state index contributed by atoms with van der Waals surface area (Å²) in [6.45, 7) is 0.943. The van der Waals surface area contributed by atoms with Crippen molar-refractivity contribution in [1.29, 1.82) is 0 Å². The van der Waals surface area contributed by atoms with E-state index in [9.17, 15) is 4.79 Å². The number of nitrogens with zero attached hydrogens (tertiary/aromatic N) is 7. The molecule has 0 unspecified atom stereocenters. The van der Waals surface area contributed by atoms with Crippen LogP contribution in [0, 0.1) is 6.85 Å². The molecule has 0 spiro atoms. The third kappa shape index (κ3) is 3.37. The SMILES string of the molecule is [2H]C([2H])([2H])c1ccc(-n2nc(N3CCNCC3)cc2NC(=O)c2cnn3cccnc23)nc1. The molecule has 4 aromatic rings. The predicted octanol–water partition coefficient (Wildman–Crippen LogP) is 1.28. The Kier molecular flexibility index (Phi) is 3.81. The molecule has 2 N–H and O–H groups in total. The fourth-order valence-corrected chi connectivity index (χ4v) is 3.36. The van der Waals surface area contributed by atoms with Crippen LogP contribution >= 0.6 is 0 Å². The van der Waals surface area contributed by atoms with Crippen molar-refractivity contribution >= 4 is 23.2 Å². The van der Waals surface area contributed by atoms with Gasteiger partial charge in [-0.15, -0.1) is 5.10 Å². The summed E-state index contributed by atoms with van der Waals surface area (Å²) in [5.74, 6) is 1.08. The molecule has 1 fully saturated rings. The smallest absolute Gasteiger partial charge is 0.262 e. The summed E-state index contributed by atoms with van der Waals surface area (Å²) in [4.78, 5) is 23.7. The monoisotopic (exact) mass is 406 g/mol. The van der Waals surface area contributed by atoms with Crippen molar-refractivity contribution in [3.63, 3.8) is 0 Å². The number of carbonyl (C=O) groups excluding carboxylic acids is 1. The molecule has 30 heavy (non-hydrogen) atoms. The van der Waals surface area contributed by atoms with Gasteiger partial charge in [-0.05, 0) is 24.5 Å². The van der Waals surface area contributed by atoms with Crippen LogP contribution in [0.25, 0.3) is 11.5 Å². The highest BCUT2D eigenvalue weighted by atomic mass is 16.1. The summed E-state index contributed by atoms with van der Waals surface area (Å²) in [7, 11) is 0. The van der Waals surface area contributed by atoms with E-state index in [1.165, 1.54) is 27.7 Å². The second kappa shape index (κ2) is 7.56. The number of aryl methyl sites for hydroxylation is 1. The lowest BCUT2D eigenvalue weighted by Crippen LogP contribution is -2.43. The Morgan fingerprint density at radius 2 is 2.10 bits per heavy atom. The number of hydrogen-bond donors (Lipinski definition) is 2. The Hall–Kier alpha value is -3.79. The van der Waals surface area contributed by atoms with E-state index < -0.39 is 12.8 Å². The third-order valence-electron chi connectivity index (χ3n) is 4.87. The number of amides is 1. The van der Waals surface area contributed by atoms with Crippen LogP contribution in [-0.4, -0.2) is 61.4 Å². The summed E-state index contributed by atoms with van der Waals surface area (Å²) in [5, 5.41) is 15.0. The topological polar surface area (TPSA) is 105 Å². The van der Waals surface area contributed by atoms with Crippen molar-refractivity contribution in [3.8, 4) is 5.82 Å². The zero-order valence-corrected chi connectivity index (χ0v) is 16.0. The van der Waals surface area contributed by atoms with Crippen LogP contribution in [-0.2, 0) is 0 Å². The molecule has 0 radical (unpaired) electrons. The molecule has 0 aromatic carbocycles. The molecule has 1 saturated heterocycles. The third-order valence-corrected chi connectivity index (χ3v) is 4.87. The van der Waals surface area contributed by atoms with Crippen molar-refractivity contribution in [2.75, 3.05) is 36.4 Å². The van der Waals surface area contributed by atoms with Crippen LogP contribution in [0.5, 0.6) is 0 Å². The number of pyridine rings is 1. The van der Waals surface area contributed by atoms with Gasteiger partial charge < -0.3 is 15.5 Å². The minimum atomic E-state index is -2.25. The van der Waals surface area contributed by atoms with Gasteiger partial charge in [-0.1, -0.05) is 6.07 Å². The molecule has 5 heterocycles. The molecule has 1 aliphatic rings. The maximum absolute atomic E-state index is 13.1. The van der Waals surface area contributed by atoms with Gasteiger partial charge in [0.05, 0.1) is 6.20 Å². The fourth-order valence-electron chi connectivity index (χ4n) is 3.36. The molecule has 0 saturated carbocycles. The van der Waals surface area contributed by atoms with Crippen molar-refractivity contribution in [1.82, 2.24) is 34.7 Å². The first-order valence-electron chi connectivity index (χ1n) is 11.0. The van der Waals surface area contributed by atoms with Crippen LogP contribution in [0.2, 0.25) is 0 Å². The Bertz CT molecular complexity index is 1290. The van der Waals surface area contributed by atoms with Crippen LogP contribution in [0.15, 0.2) is 49.1 Å². The molecule has 0 atom stereocenters. The van der Waals surface area contributed by atoms with E-state index in [4.69, 9.17) is 4.11 Å². The van der Waals surface area contributed by atoms with Crippen LogP contribution in [0.4, 0.5) is 11.6 Å². The predicted molar refractivity (Wildman–Crippen MR) is 112 cm³/mol. The Morgan fingerprint density at radius 1 is 1.20 bits per heavy atom. The lowest BCUT2D eigenvalue weighted by atomic mass is 10.3. The first-order chi connectivity index (χ1) is 15.9. The number of carbonyl (C=O) groups is 1. The lowest BCUT2D eigenvalue weighted by molar-refractivity contribution is 0.102. The number of rotatable bonds is 4. The van der Waals surface area contributed by atoms with E-state index in [1.807, 2.05) is 0 Å². The van der Waals surface area contributed by atoms with Crippen LogP contribution in [0.1, 0.15) is 20.0 Å². The standard InChI is InChI=1S/C20H21N9O/c1-14-3-4-16(23-12-14)29-17(11-18(26-29)27-9-6-21-7-10-27)25-20(30)15-13-24-28-8-2-5-22-19(15)28/h2-5,8,11-13,21H,6-7,9-10H2,1H3,(H,25,30)/i1D3. The number of fused-ring (bicyclic) bond motifs is 1. The highest BCUT2D eigenvalue weighted by molar-refractivity contribution is 6.08. The summed E-state index contributed by atoms with van der Waals surface area (Å²) in [5.41, 5.74) is 0.880. The fraction of sp³-hybridized carbons (Fsp3) is 0.250. The van der Waals surface area contributed by atoms with E-state index in [2.05, 4.69) is 35.7 Å². The molecule has 0 bridgehead atoms. The number of hydrogen-bond acceptors (Lipinski definition) is 7. The van der Waals surface area contributed by atoms with Crippen molar-refractivity contribution in [3.05, 3.63) is 60.2 Å². The maximum atomic E-state index is 13.1. The molecule has 5 rings (SSSR count). The van der Waals surface area contributed by atoms with E-state index >= 15 is 0 Å². The molecule has 1 amide bonds. The molecular weight excluding hydrogens is 382 g/mol. The molecule has 10 nitrogen and oxygen atoms in total. The highest BCUT2D eigenvalue weighted by Crippen LogP contribution is 2.23. The van der Waals surface area contributed by atoms with E-state index in [1.54, 1.807) is 30.6 Å². The molecular formula is C20H21N9O. The number of anilines is 2. The van der Waals surface area contributed by atoms with E-state index in [0.717, 1.165) is 26.2 Å². The molecule has 10 heteroatoms. The quantitative estimate of drug-likeness (QED) is 0.526. The average molecular weight is 406 g/mol. The second-order valence-corrected chi connectivity index (χ2v) is 6.84. The minimum Gasteiger partial charge on any atom is -0.353 e. The first kappa shape index (κ1) is 15.1. The summed E-state index contributed by atoms with van der Waals surface area (Å²) < 4.78 is 25.7. The first-order valence-corrected chi connectivity index (χ1v) is 9.52. The normalized spacial score (nSPS) is 16.1. The van der Waals surface area contributed by atoms with Crippen molar-refractivity contribution in [2.24, 2.45) is 0 Å². The van der Waals surface area contributed by atoms with Crippen LogP contribution in [0.3, 0.4) is 0 Å². The highest BCUT2D eigenvalue weighted by Gasteiger charge is 2.21. The maximum Gasteiger partial charge on any atom is 0.262 e. The van der Waals surface area contributed by atoms with Gasteiger partial charge in [0.1, 0.15) is 11.4 Å². The zero-order chi connectivity index (χ0) is 23.0. The molecule has 0 aliphatic carbocycles. The zero-order valence-electron chi connectivity index (χ0n) is 19.0. The second-order valence-electron chi connectivity index (χ2n) is 6.84. The number of aromatic nitrogens is 6. The minimum absolute atomic E-state index is 0.128. The average Bonchev–Trinajstić information content (AvgIpc) is 3.44. The van der Waals surface area contributed by atoms with Crippen LogP contribution < -0.4 is 15.5 Å². The van der Waals surface area contributed by atoms with Gasteiger partial charge in [0.2, 0.25) is 0 Å². The van der Waals surface area contributed by atoms with Gasteiger partial charge >= 0.3 is 0 Å². The largest absolute Gasteiger partial charge is 0.353 e. The van der Waals surface area contributed by atoms with E-state index in [0.29, 0.717) is 28.7 Å². The summed E-state index contributed by atoms with van der Waals surface area (Å²) in [6.07, 6.45) is 6.06. The van der Waals surface area contributed by atoms with Gasteiger partial charge in [0.15, 0.2) is 17.3 Å². The van der Waals surface area contributed by atoms with Gasteiger partial charge in [0, 0.05) is 54.9 Å². The van der Waals surface area contributed by atoms with Gasteiger partial charge in [0.25, 0.3) is 5.91 Å². The Balaban J connectivity index is 1.51. The van der Waals surface area contributed by atoms with Crippen molar-refractivity contribution < 1.29 is 8.91 Å². The lowest BCUT2D eigenvalue weighted by Gasteiger charge is -2.26. The summed E-state index contributed by atoms with van der Waals surface area (Å²) in [6, 6.07) is 6.57. The summed E-state index contributed by atoms with van der Waals surface area (Å²) >= 11 is 0. The number of nitrogens with one attached hydrogen (secondary N) is 2. The molecule has 4 aromatic heterocycles. The number of piperazine rings is 1. The Labute approximate surface area is 176 Å². The molecule has 1 aliphatic heterocycles. The van der Waals surface area contributed by atoms with Crippen molar-refractivity contribution in [2.45, 2.75) is 6.85 Å². The van der Waals surface area contributed by atoms with Gasteiger partial charge in [-0.3, -0.25) is 4.79 Å². The van der Waals surface area contributed by atoms with Gasteiger partial charge in [-0.2, -0.15) is 9.78 Å². The van der Waals surface area contributed by atoms with E-state index in [-0.39, 0.29) is 5.56 Å².